The Morgan fingerprint density at radius 1 is 0.968 bits per heavy atom. The Labute approximate surface area is 190 Å². The molecule has 4 fully saturated rings. The number of hydrogen-bond acceptors (Lipinski definition) is 2. The van der Waals surface area contributed by atoms with E-state index >= 15 is 0 Å². The number of rotatable bonds is 6. The average Bonchev–Trinajstić information content (AvgIpc) is 3.15. The molecule has 1 N–H and O–H groups in total. The summed E-state index contributed by atoms with van der Waals surface area (Å²) < 4.78 is 5.51. The molecule has 1 aromatic rings. The molecule has 0 amide bonds. The lowest BCUT2D eigenvalue weighted by Crippen LogP contribution is -2.51. The first-order valence-electron chi connectivity index (χ1n) is 13.4. The molecule has 9 unspecified atom stereocenters. The van der Waals surface area contributed by atoms with Crippen molar-refractivity contribution in [3.8, 4) is 0 Å². The molecular weight excluding hydrogens is 378 g/mol. The summed E-state index contributed by atoms with van der Waals surface area (Å²) in [4.78, 5) is 0. The van der Waals surface area contributed by atoms with Crippen LogP contribution >= 0.6 is 0 Å². The van der Waals surface area contributed by atoms with Gasteiger partial charge in [-0.3, -0.25) is 0 Å². The Hall–Kier alpha value is -0.860. The summed E-state index contributed by atoms with van der Waals surface area (Å²) in [6.45, 7) is 7.17. The van der Waals surface area contributed by atoms with Gasteiger partial charge in [0.2, 0.25) is 0 Å². The van der Waals surface area contributed by atoms with Gasteiger partial charge in [0.25, 0.3) is 0 Å². The van der Waals surface area contributed by atoms with Gasteiger partial charge in [-0.1, -0.05) is 37.3 Å². The molecule has 0 spiro atoms. The molecule has 4 aliphatic carbocycles. The van der Waals surface area contributed by atoms with E-state index in [0.29, 0.717) is 11.5 Å². The van der Waals surface area contributed by atoms with Crippen LogP contribution in [0.3, 0.4) is 0 Å². The Morgan fingerprint density at radius 3 is 2.58 bits per heavy atom. The van der Waals surface area contributed by atoms with Gasteiger partial charge in [-0.25, -0.2) is 0 Å². The summed E-state index contributed by atoms with van der Waals surface area (Å²) in [5, 5.41) is 3.92. The van der Waals surface area contributed by atoms with E-state index in [1.165, 1.54) is 63.4 Å². The van der Waals surface area contributed by atoms with Crippen LogP contribution in [0.1, 0.15) is 77.2 Å². The third kappa shape index (κ3) is 4.12. The van der Waals surface area contributed by atoms with E-state index in [1.807, 2.05) is 7.11 Å². The van der Waals surface area contributed by atoms with Gasteiger partial charge < -0.3 is 10.1 Å². The van der Waals surface area contributed by atoms with Crippen molar-refractivity contribution in [2.75, 3.05) is 13.7 Å². The summed E-state index contributed by atoms with van der Waals surface area (Å²) in [5.74, 6) is 6.75. The van der Waals surface area contributed by atoms with E-state index in [4.69, 9.17) is 4.74 Å². The molecule has 5 rings (SSSR count). The molecule has 1 aromatic carbocycles. The van der Waals surface area contributed by atoms with Gasteiger partial charge in [-0.2, -0.15) is 0 Å². The zero-order valence-electron chi connectivity index (χ0n) is 20.2. The fraction of sp³-hybridized carbons (Fsp3) is 0.793. The third-order valence-corrected chi connectivity index (χ3v) is 10.6. The van der Waals surface area contributed by atoms with Crippen molar-refractivity contribution in [3.63, 3.8) is 0 Å². The largest absolute Gasteiger partial charge is 0.384 e. The van der Waals surface area contributed by atoms with Gasteiger partial charge in [0.1, 0.15) is 0 Å². The number of nitrogens with one attached hydrogen (secondary N) is 1. The summed E-state index contributed by atoms with van der Waals surface area (Å²) in [6, 6.07) is 11.6. The molecular formula is C29H45NO. The predicted molar refractivity (Wildman–Crippen MR) is 129 cm³/mol. The van der Waals surface area contributed by atoms with Crippen molar-refractivity contribution in [3.05, 3.63) is 35.9 Å². The quantitative estimate of drug-likeness (QED) is 0.550. The lowest BCUT2D eigenvalue weighted by Gasteiger charge is -2.57. The van der Waals surface area contributed by atoms with Gasteiger partial charge in [-0.05, 0) is 117 Å². The van der Waals surface area contributed by atoms with Crippen LogP contribution in [0, 0.1) is 46.8 Å². The highest BCUT2D eigenvalue weighted by Gasteiger charge is 2.57. The van der Waals surface area contributed by atoms with E-state index in [9.17, 15) is 0 Å². The Bertz CT molecular complexity index is 719. The number of fused-ring (bicyclic) bond motifs is 5. The van der Waals surface area contributed by atoms with Crippen molar-refractivity contribution in [1.29, 1.82) is 0 Å². The summed E-state index contributed by atoms with van der Waals surface area (Å²) in [5.41, 5.74) is 1.98. The second kappa shape index (κ2) is 9.18. The Kier molecular flexibility index (Phi) is 6.50. The Balaban J connectivity index is 1.23. The minimum atomic E-state index is 0.560. The van der Waals surface area contributed by atoms with Crippen molar-refractivity contribution in [2.45, 2.75) is 84.2 Å². The number of hydrogen-bond donors (Lipinski definition) is 1. The van der Waals surface area contributed by atoms with Crippen LogP contribution in [0.15, 0.2) is 30.3 Å². The van der Waals surface area contributed by atoms with Crippen LogP contribution in [0.2, 0.25) is 0 Å². The monoisotopic (exact) mass is 423 g/mol. The van der Waals surface area contributed by atoms with E-state index in [2.05, 4.69) is 49.5 Å². The highest BCUT2D eigenvalue weighted by atomic mass is 16.5. The molecule has 172 valence electrons. The fourth-order valence-corrected chi connectivity index (χ4v) is 9.22. The third-order valence-electron chi connectivity index (χ3n) is 10.6. The molecule has 0 aromatic heterocycles. The van der Waals surface area contributed by atoms with Crippen molar-refractivity contribution in [2.24, 2.45) is 46.8 Å². The van der Waals surface area contributed by atoms with Gasteiger partial charge in [0.15, 0.2) is 0 Å². The molecule has 0 saturated heterocycles. The van der Waals surface area contributed by atoms with Crippen LogP contribution in [-0.4, -0.2) is 19.8 Å². The fourth-order valence-electron chi connectivity index (χ4n) is 9.22. The molecule has 0 bridgehead atoms. The van der Waals surface area contributed by atoms with Gasteiger partial charge in [0.05, 0.1) is 0 Å². The standard InChI is InChI=1S/C29H45NO/c1-20(30-18-21-7-5-4-6-8-21)27-13-14-28-26-12-10-23-17-22(19-31-3)9-11-24(23)25(26)15-16-29(27,28)2/h4-8,20,22-28,30H,9-19H2,1-3H3. The molecule has 2 nitrogen and oxygen atoms in total. The zero-order chi connectivity index (χ0) is 21.4. The van der Waals surface area contributed by atoms with Crippen molar-refractivity contribution >= 4 is 0 Å². The maximum atomic E-state index is 5.51. The molecule has 0 heterocycles. The maximum Gasteiger partial charge on any atom is 0.0490 e. The highest BCUT2D eigenvalue weighted by Crippen LogP contribution is 2.64. The lowest BCUT2D eigenvalue weighted by molar-refractivity contribution is -0.0746. The second-order valence-corrected chi connectivity index (χ2v) is 12.0. The Morgan fingerprint density at radius 2 is 1.77 bits per heavy atom. The first kappa shape index (κ1) is 22.0. The SMILES string of the molecule is COCC1CCC2C(CCC3C2CCC2(C)C(C(C)NCc4ccccc4)CCC32)C1. The van der Waals surface area contributed by atoms with E-state index in [0.717, 1.165) is 54.6 Å². The maximum absolute atomic E-state index is 5.51. The second-order valence-electron chi connectivity index (χ2n) is 12.0. The molecule has 2 heteroatoms. The predicted octanol–water partition coefficient (Wildman–Crippen LogP) is 6.70. The van der Waals surface area contributed by atoms with Crippen LogP contribution < -0.4 is 5.32 Å². The molecule has 0 radical (unpaired) electrons. The smallest absolute Gasteiger partial charge is 0.0490 e. The van der Waals surface area contributed by atoms with Gasteiger partial charge in [0, 0.05) is 26.3 Å². The summed E-state index contributed by atoms with van der Waals surface area (Å²) >= 11 is 0. The molecule has 4 aliphatic rings. The van der Waals surface area contributed by atoms with Gasteiger partial charge >= 0.3 is 0 Å². The molecule has 4 saturated carbocycles. The van der Waals surface area contributed by atoms with Gasteiger partial charge in [-0.15, -0.1) is 0 Å². The van der Waals surface area contributed by atoms with E-state index in [1.54, 1.807) is 0 Å². The lowest BCUT2D eigenvalue weighted by atomic mass is 9.49. The molecule has 0 aliphatic heterocycles. The van der Waals surface area contributed by atoms with Crippen LogP contribution in [0.25, 0.3) is 0 Å². The topological polar surface area (TPSA) is 21.3 Å². The number of benzene rings is 1. The van der Waals surface area contributed by atoms with Crippen LogP contribution in [0.4, 0.5) is 0 Å². The highest BCUT2D eigenvalue weighted by molar-refractivity contribution is 5.15. The van der Waals surface area contributed by atoms with Crippen LogP contribution in [-0.2, 0) is 11.3 Å². The zero-order valence-corrected chi connectivity index (χ0v) is 20.2. The summed E-state index contributed by atoms with van der Waals surface area (Å²) in [6.07, 6.45) is 13.3. The average molecular weight is 424 g/mol. The van der Waals surface area contributed by atoms with Crippen LogP contribution in [0.5, 0.6) is 0 Å². The molecule has 9 atom stereocenters. The minimum absolute atomic E-state index is 0.560. The number of ether oxygens (including phenoxy) is 1. The normalized spacial score (nSPS) is 43.0. The first-order valence-corrected chi connectivity index (χ1v) is 13.4. The molecule has 31 heavy (non-hydrogen) atoms. The van der Waals surface area contributed by atoms with E-state index in [-0.39, 0.29) is 0 Å². The number of methoxy groups -OCH3 is 1. The van der Waals surface area contributed by atoms with Crippen molar-refractivity contribution < 1.29 is 4.74 Å². The summed E-state index contributed by atoms with van der Waals surface area (Å²) in [7, 11) is 1.89. The van der Waals surface area contributed by atoms with Crippen molar-refractivity contribution in [1.82, 2.24) is 5.32 Å². The minimum Gasteiger partial charge on any atom is -0.384 e. The first-order chi connectivity index (χ1) is 15.1. The van der Waals surface area contributed by atoms with E-state index < -0.39 is 0 Å².